The second-order valence-corrected chi connectivity index (χ2v) is 7.94. The number of esters is 1. The molecule has 6 nitrogen and oxygen atoms in total. The Balaban J connectivity index is 2.03. The maximum atomic E-state index is 12.1. The molecule has 2 rings (SSSR count). The second kappa shape index (κ2) is 9.06. The summed E-state index contributed by atoms with van der Waals surface area (Å²) in [7, 11) is 0. The van der Waals surface area contributed by atoms with Crippen molar-refractivity contribution in [1.29, 1.82) is 0 Å². The lowest BCUT2D eigenvalue weighted by Crippen LogP contribution is -2.46. The third kappa shape index (κ3) is 6.23. The van der Waals surface area contributed by atoms with Crippen LogP contribution in [0.4, 0.5) is 0 Å². The Hall–Kier alpha value is -2.60. The summed E-state index contributed by atoms with van der Waals surface area (Å²) in [5.41, 5.74) is 2.01. The number of rotatable bonds is 6. The summed E-state index contributed by atoms with van der Waals surface area (Å²) in [6.07, 6.45) is 1.92. The van der Waals surface area contributed by atoms with Crippen LogP contribution >= 0.6 is 11.6 Å². The number of ether oxygens (including phenoxy) is 1. The molecule has 150 valence electrons. The number of nitrogens with zero attached hydrogens (tertiary/aromatic N) is 2. The first kappa shape index (κ1) is 21.7. The molecular formula is C21H26ClN3O3. The van der Waals surface area contributed by atoms with E-state index in [-0.39, 0.29) is 5.91 Å². The third-order valence-corrected chi connectivity index (χ3v) is 4.23. The van der Waals surface area contributed by atoms with Gasteiger partial charge in [0, 0.05) is 17.2 Å². The van der Waals surface area contributed by atoms with Gasteiger partial charge in [-0.3, -0.25) is 4.79 Å². The molecule has 0 saturated carbocycles. The van der Waals surface area contributed by atoms with E-state index < -0.39 is 17.6 Å². The quantitative estimate of drug-likeness (QED) is 0.588. The van der Waals surface area contributed by atoms with Gasteiger partial charge in [-0.25, -0.2) is 9.48 Å². The molecule has 28 heavy (non-hydrogen) atoms. The highest BCUT2D eigenvalue weighted by Crippen LogP contribution is 2.22. The summed E-state index contributed by atoms with van der Waals surface area (Å²) in [5.74, 6) is -0.970. The predicted molar refractivity (Wildman–Crippen MR) is 110 cm³/mol. The highest BCUT2D eigenvalue weighted by Gasteiger charge is 2.21. The number of aryl methyl sites for hydroxylation is 1. The highest BCUT2D eigenvalue weighted by molar-refractivity contribution is 6.31. The van der Waals surface area contributed by atoms with Crippen molar-refractivity contribution in [3.05, 3.63) is 58.4 Å². The zero-order valence-electron chi connectivity index (χ0n) is 16.8. The van der Waals surface area contributed by atoms with Crippen molar-refractivity contribution in [3.8, 4) is 0 Å². The minimum absolute atomic E-state index is 0.348. The molecular weight excluding hydrogens is 378 g/mol. The van der Waals surface area contributed by atoms with Gasteiger partial charge in [-0.1, -0.05) is 41.9 Å². The molecule has 1 heterocycles. The van der Waals surface area contributed by atoms with Crippen LogP contribution in [-0.4, -0.2) is 33.3 Å². The third-order valence-electron chi connectivity index (χ3n) is 3.83. The van der Waals surface area contributed by atoms with Gasteiger partial charge in [0.25, 0.3) is 5.91 Å². The zero-order chi connectivity index (χ0) is 20.9. The normalized spacial score (nSPS) is 12.8. The lowest BCUT2D eigenvalue weighted by atomic mass is 10.1. The maximum Gasteiger partial charge on any atom is 0.331 e. The van der Waals surface area contributed by atoms with Gasteiger partial charge >= 0.3 is 5.97 Å². The van der Waals surface area contributed by atoms with E-state index in [1.54, 1.807) is 10.8 Å². The lowest BCUT2D eigenvalue weighted by molar-refractivity contribution is -0.150. The summed E-state index contributed by atoms with van der Waals surface area (Å²) >= 11 is 6.42. The first-order valence-corrected chi connectivity index (χ1v) is 9.42. The molecule has 0 aliphatic carbocycles. The Kier molecular flexibility index (Phi) is 7.02. The van der Waals surface area contributed by atoms with E-state index in [9.17, 15) is 9.59 Å². The number of hydrogen-bond donors (Lipinski definition) is 1. The Morgan fingerprint density at radius 3 is 2.54 bits per heavy atom. The average Bonchev–Trinajstić information content (AvgIpc) is 2.86. The highest BCUT2D eigenvalue weighted by atomic mass is 35.5. The number of carbonyl (C=O) groups is 2. The Bertz CT molecular complexity index is 867. The van der Waals surface area contributed by atoms with Crippen LogP contribution < -0.4 is 5.32 Å². The van der Waals surface area contributed by atoms with Gasteiger partial charge in [-0.2, -0.15) is 5.10 Å². The SMILES string of the molecule is Cc1nn(Cc2ccccc2)c(Cl)c1/C=C/C(=O)OC(C)C(=O)NC(C)(C)C. The summed E-state index contributed by atoms with van der Waals surface area (Å²) in [6.45, 7) is 9.45. The molecule has 1 N–H and O–H groups in total. The summed E-state index contributed by atoms with van der Waals surface area (Å²) < 4.78 is 6.83. The van der Waals surface area contributed by atoms with Gasteiger partial charge in [0.1, 0.15) is 5.15 Å². The monoisotopic (exact) mass is 403 g/mol. The fourth-order valence-electron chi connectivity index (χ4n) is 2.51. The Morgan fingerprint density at radius 2 is 1.93 bits per heavy atom. The van der Waals surface area contributed by atoms with Gasteiger partial charge in [0.05, 0.1) is 12.2 Å². The van der Waals surface area contributed by atoms with Crippen LogP contribution in [-0.2, 0) is 20.9 Å². The first-order valence-electron chi connectivity index (χ1n) is 9.04. The lowest BCUT2D eigenvalue weighted by Gasteiger charge is -2.22. The maximum absolute atomic E-state index is 12.1. The zero-order valence-corrected chi connectivity index (χ0v) is 17.6. The Morgan fingerprint density at radius 1 is 1.29 bits per heavy atom. The number of nitrogens with one attached hydrogen (secondary N) is 1. The van der Waals surface area contributed by atoms with Crippen LogP contribution in [0.1, 0.15) is 44.5 Å². The molecule has 0 bridgehead atoms. The van der Waals surface area contributed by atoms with Crippen LogP contribution in [0.3, 0.4) is 0 Å². The second-order valence-electron chi connectivity index (χ2n) is 7.58. The van der Waals surface area contributed by atoms with E-state index in [0.717, 1.165) is 5.56 Å². The van der Waals surface area contributed by atoms with Crippen molar-refractivity contribution in [2.75, 3.05) is 0 Å². The number of aromatic nitrogens is 2. The number of hydrogen-bond acceptors (Lipinski definition) is 4. The molecule has 1 amide bonds. The molecule has 0 saturated heterocycles. The summed E-state index contributed by atoms with van der Waals surface area (Å²) in [5, 5.41) is 7.63. The first-order chi connectivity index (χ1) is 13.1. The Labute approximate surface area is 170 Å². The molecule has 1 unspecified atom stereocenters. The standard InChI is InChI=1S/C21H26ClN3O3/c1-14-17(19(22)25(24-14)13-16-9-7-6-8-10-16)11-12-18(26)28-15(2)20(27)23-21(3,4)5/h6-12,15H,13H2,1-5H3,(H,23,27)/b12-11+. The van der Waals surface area contributed by atoms with Crippen molar-refractivity contribution >= 4 is 29.6 Å². The molecule has 1 atom stereocenters. The van der Waals surface area contributed by atoms with E-state index in [4.69, 9.17) is 16.3 Å². The van der Waals surface area contributed by atoms with Crippen LogP contribution in [0.15, 0.2) is 36.4 Å². The minimum atomic E-state index is -0.895. The predicted octanol–water partition coefficient (Wildman–Crippen LogP) is 3.75. The molecule has 1 aromatic heterocycles. The van der Waals surface area contributed by atoms with Crippen molar-refractivity contribution in [2.45, 2.75) is 52.8 Å². The number of halogens is 1. The van der Waals surface area contributed by atoms with Crippen molar-refractivity contribution in [3.63, 3.8) is 0 Å². The molecule has 7 heteroatoms. The van der Waals surface area contributed by atoms with Crippen molar-refractivity contribution < 1.29 is 14.3 Å². The van der Waals surface area contributed by atoms with E-state index in [2.05, 4.69) is 10.4 Å². The van der Waals surface area contributed by atoms with E-state index in [1.807, 2.05) is 58.0 Å². The van der Waals surface area contributed by atoms with E-state index in [1.165, 1.54) is 13.0 Å². The van der Waals surface area contributed by atoms with Gasteiger partial charge in [-0.15, -0.1) is 0 Å². The summed E-state index contributed by atoms with van der Waals surface area (Å²) in [4.78, 5) is 24.1. The molecule has 0 spiro atoms. The largest absolute Gasteiger partial charge is 0.449 e. The van der Waals surface area contributed by atoms with Crippen molar-refractivity contribution in [2.24, 2.45) is 0 Å². The van der Waals surface area contributed by atoms with Gasteiger partial charge in [0.2, 0.25) is 0 Å². The van der Waals surface area contributed by atoms with E-state index in [0.29, 0.717) is 23.0 Å². The number of carbonyl (C=O) groups excluding carboxylic acids is 2. The van der Waals surface area contributed by atoms with Crippen LogP contribution in [0.2, 0.25) is 5.15 Å². The van der Waals surface area contributed by atoms with Gasteiger partial charge < -0.3 is 10.1 Å². The molecule has 0 aliphatic rings. The summed E-state index contributed by atoms with van der Waals surface area (Å²) in [6, 6.07) is 9.83. The molecule has 1 aromatic carbocycles. The minimum Gasteiger partial charge on any atom is -0.449 e. The van der Waals surface area contributed by atoms with Crippen LogP contribution in [0, 0.1) is 6.92 Å². The fraction of sp³-hybridized carbons (Fsp3) is 0.381. The fourth-order valence-corrected chi connectivity index (χ4v) is 2.80. The number of benzene rings is 1. The smallest absolute Gasteiger partial charge is 0.331 e. The van der Waals surface area contributed by atoms with Crippen LogP contribution in [0.25, 0.3) is 6.08 Å². The molecule has 0 aliphatic heterocycles. The average molecular weight is 404 g/mol. The van der Waals surface area contributed by atoms with Crippen molar-refractivity contribution in [1.82, 2.24) is 15.1 Å². The number of amides is 1. The van der Waals surface area contributed by atoms with Crippen LogP contribution in [0.5, 0.6) is 0 Å². The van der Waals surface area contributed by atoms with Gasteiger partial charge in [0.15, 0.2) is 6.10 Å². The molecule has 2 aromatic rings. The van der Waals surface area contributed by atoms with Gasteiger partial charge in [-0.05, 0) is 46.3 Å². The molecule has 0 radical (unpaired) electrons. The molecule has 0 fully saturated rings. The topological polar surface area (TPSA) is 73.2 Å². The van der Waals surface area contributed by atoms with E-state index >= 15 is 0 Å².